The lowest BCUT2D eigenvalue weighted by atomic mass is 10.1. The Balaban J connectivity index is 1.77. The van der Waals surface area contributed by atoms with Crippen molar-refractivity contribution in [1.29, 1.82) is 0 Å². The summed E-state index contributed by atoms with van der Waals surface area (Å²) >= 11 is 1.06. The first-order valence-electron chi connectivity index (χ1n) is 9.07. The first-order chi connectivity index (χ1) is 14.9. The highest BCUT2D eigenvalue weighted by Gasteiger charge is 2.19. The second-order valence-corrected chi connectivity index (χ2v) is 7.19. The number of nitrogen functional groups attached to an aromatic ring is 1. The molecule has 0 spiro atoms. The summed E-state index contributed by atoms with van der Waals surface area (Å²) in [5, 5.41) is 15.1. The van der Waals surface area contributed by atoms with Gasteiger partial charge in [-0.1, -0.05) is 11.3 Å². The van der Waals surface area contributed by atoms with E-state index in [1.54, 1.807) is 31.4 Å². The number of hydrogen-bond acceptors (Lipinski definition) is 9. The Labute approximate surface area is 181 Å². The summed E-state index contributed by atoms with van der Waals surface area (Å²) in [6.07, 6.45) is 0. The van der Waals surface area contributed by atoms with Gasteiger partial charge in [0.1, 0.15) is 23.1 Å². The summed E-state index contributed by atoms with van der Waals surface area (Å²) in [5.74, 6) is -0.223. The van der Waals surface area contributed by atoms with Crippen LogP contribution in [0.1, 0.15) is 20.8 Å². The van der Waals surface area contributed by atoms with E-state index >= 15 is 0 Å². The van der Waals surface area contributed by atoms with Gasteiger partial charge in [-0.25, -0.2) is 4.98 Å². The second kappa shape index (κ2) is 9.78. The van der Waals surface area contributed by atoms with Gasteiger partial charge in [-0.05, 0) is 42.5 Å². The van der Waals surface area contributed by atoms with Crippen LogP contribution >= 0.6 is 11.3 Å². The molecule has 2 aromatic carbocycles. The van der Waals surface area contributed by atoms with Crippen LogP contribution in [0, 0.1) is 0 Å². The summed E-state index contributed by atoms with van der Waals surface area (Å²) in [4.78, 5) is 28.6. The van der Waals surface area contributed by atoms with Crippen LogP contribution < -0.4 is 31.6 Å². The van der Waals surface area contributed by atoms with Crippen molar-refractivity contribution in [3.63, 3.8) is 0 Å². The van der Waals surface area contributed by atoms with Crippen molar-refractivity contribution in [3.05, 3.63) is 53.7 Å². The average molecular weight is 443 g/mol. The number of carbonyl (C=O) groups excluding carboxylic acids is 2. The predicted octanol–water partition coefficient (Wildman–Crippen LogP) is 2.20. The lowest BCUT2D eigenvalue weighted by Gasteiger charge is -2.09. The summed E-state index contributed by atoms with van der Waals surface area (Å²) in [6, 6.07) is 11.6. The molecule has 11 heteroatoms. The lowest BCUT2D eigenvalue weighted by molar-refractivity contribution is 0.0997. The molecule has 10 nitrogen and oxygen atoms in total. The fourth-order valence-corrected chi connectivity index (χ4v) is 3.46. The van der Waals surface area contributed by atoms with E-state index in [0.29, 0.717) is 16.6 Å². The number of hydrogen-bond donors (Lipinski definition) is 5. The van der Waals surface area contributed by atoms with E-state index in [-0.39, 0.29) is 35.2 Å². The number of nitrogens with zero attached hydrogens (tertiary/aromatic N) is 1. The van der Waals surface area contributed by atoms with Crippen LogP contribution in [0.2, 0.25) is 0 Å². The minimum absolute atomic E-state index is 0.0646. The summed E-state index contributed by atoms with van der Waals surface area (Å²) in [6.45, 7) is -0.0710. The maximum Gasteiger partial charge on any atom is 0.270 e. The number of primary amides is 1. The normalized spacial score (nSPS) is 10.4. The number of nitrogens with one attached hydrogen (secondary N) is 2. The van der Waals surface area contributed by atoms with Gasteiger partial charge in [0.05, 0.1) is 19.4 Å². The Morgan fingerprint density at radius 3 is 2.55 bits per heavy atom. The Bertz CT molecular complexity index is 1080. The third-order valence-electron chi connectivity index (χ3n) is 4.05. The van der Waals surface area contributed by atoms with E-state index in [9.17, 15) is 9.59 Å². The molecule has 162 valence electrons. The molecule has 0 radical (unpaired) electrons. The molecule has 0 bridgehead atoms. The van der Waals surface area contributed by atoms with Gasteiger partial charge in [0, 0.05) is 11.3 Å². The predicted molar refractivity (Wildman–Crippen MR) is 118 cm³/mol. The highest BCUT2D eigenvalue weighted by molar-refractivity contribution is 7.20. The van der Waals surface area contributed by atoms with E-state index in [4.69, 9.17) is 26.0 Å². The molecule has 1 heterocycles. The number of ether oxygens (including phenoxy) is 2. The van der Waals surface area contributed by atoms with Crippen molar-refractivity contribution in [3.8, 4) is 11.5 Å². The summed E-state index contributed by atoms with van der Waals surface area (Å²) in [7, 11) is 1.57. The number of thiazole rings is 1. The van der Waals surface area contributed by atoms with Gasteiger partial charge in [0.25, 0.3) is 11.8 Å². The van der Waals surface area contributed by atoms with E-state index in [0.717, 1.165) is 17.0 Å². The molecule has 0 aliphatic carbocycles. The molecule has 0 fully saturated rings. The zero-order valence-electron chi connectivity index (χ0n) is 16.5. The van der Waals surface area contributed by atoms with Gasteiger partial charge in [-0.15, -0.1) is 0 Å². The number of methoxy groups -OCH3 is 1. The van der Waals surface area contributed by atoms with Crippen LogP contribution in [0.3, 0.4) is 0 Å². The van der Waals surface area contributed by atoms with Crippen molar-refractivity contribution in [1.82, 2.24) is 4.98 Å². The Morgan fingerprint density at radius 2 is 1.94 bits per heavy atom. The first kappa shape index (κ1) is 21.9. The average Bonchev–Trinajstić information content (AvgIpc) is 3.15. The molecule has 0 aliphatic heterocycles. The molecule has 1 aromatic heterocycles. The molecule has 7 N–H and O–H groups in total. The maximum absolute atomic E-state index is 12.6. The number of anilines is 4. The molecule has 0 unspecified atom stereocenters. The number of carbonyl (C=O) groups is 2. The number of amides is 2. The van der Waals surface area contributed by atoms with Crippen LogP contribution in [-0.2, 0) is 0 Å². The van der Waals surface area contributed by atoms with Crippen molar-refractivity contribution in [2.45, 2.75) is 0 Å². The van der Waals surface area contributed by atoms with Crippen LogP contribution in [0.25, 0.3) is 0 Å². The lowest BCUT2D eigenvalue weighted by Crippen LogP contribution is -2.17. The number of benzene rings is 2. The minimum atomic E-state index is -0.776. The van der Waals surface area contributed by atoms with E-state index in [1.165, 1.54) is 18.2 Å². The number of nitrogens with two attached hydrogens (primary N) is 2. The summed E-state index contributed by atoms with van der Waals surface area (Å²) < 4.78 is 10.4. The zero-order chi connectivity index (χ0) is 22.4. The number of aliphatic hydroxyl groups is 1. The fraction of sp³-hybridized carbons (Fsp3) is 0.150. The SMILES string of the molecule is COc1ccc(Nc2nc(C(N)=O)c(NC(=O)c3ccc(OCCO)c(N)c3)s2)cc1. The van der Waals surface area contributed by atoms with E-state index in [1.807, 2.05) is 0 Å². The van der Waals surface area contributed by atoms with Gasteiger partial charge in [0.2, 0.25) is 0 Å². The van der Waals surface area contributed by atoms with Gasteiger partial charge in [-0.2, -0.15) is 0 Å². The number of rotatable bonds is 9. The molecule has 0 saturated heterocycles. The van der Waals surface area contributed by atoms with Gasteiger partial charge in [0.15, 0.2) is 10.8 Å². The molecule has 0 atom stereocenters. The smallest absolute Gasteiger partial charge is 0.270 e. The fourth-order valence-electron chi connectivity index (χ4n) is 2.58. The number of aliphatic hydroxyl groups excluding tert-OH is 1. The highest BCUT2D eigenvalue weighted by atomic mass is 32.1. The molecular formula is C20H21N5O5S. The summed E-state index contributed by atoms with van der Waals surface area (Å²) in [5.41, 5.74) is 12.5. The van der Waals surface area contributed by atoms with Gasteiger partial charge >= 0.3 is 0 Å². The van der Waals surface area contributed by atoms with Crippen LogP contribution in [0.5, 0.6) is 11.5 Å². The van der Waals surface area contributed by atoms with Crippen molar-refractivity contribution < 1.29 is 24.2 Å². The quantitative estimate of drug-likeness (QED) is 0.314. The van der Waals surface area contributed by atoms with Crippen molar-refractivity contribution in [2.24, 2.45) is 5.73 Å². The van der Waals surface area contributed by atoms with Crippen molar-refractivity contribution >= 4 is 44.7 Å². The molecule has 0 aliphatic rings. The Morgan fingerprint density at radius 1 is 1.19 bits per heavy atom. The third kappa shape index (κ3) is 5.41. The zero-order valence-corrected chi connectivity index (χ0v) is 17.4. The standard InChI is InChI=1S/C20H21N5O5S/c1-29-13-5-3-12(4-6-13)23-20-24-16(17(22)27)19(31-20)25-18(28)11-2-7-15(14(21)10-11)30-9-8-26/h2-7,10,26H,8-9,21H2,1H3,(H2,22,27)(H,23,24)(H,25,28). The Kier molecular flexibility index (Phi) is 6.90. The molecule has 3 rings (SSSR count). The molecule has 31 heavy (non-hydrogen) atoms. The van der Waals surface area contributed by atoms with Crippen LogP contribution in [0.4, 0.5) is 21.5 Å². The largest absolute Gasteiger partial charge is 0.497 e. The second-order valence-electron chi connectivity index (χ2n) is 6.19. The maximum atomic E-state index is 12.6. The Hall–Kier alpha value is -3.83. The van der Waals surface area contributed by atoms with Crippen LogP contribution in [0.15, 0.2) is 42.5 Å². The van der Waals surface area contributed by atoms with E-state index < -0.39 is 11.8 Å². The monoisotopic (exact) mass is 443 g/mol. The third-order valence-corrected chi connectivity index (χ3v) is 4.94. The molecule has 2 amide bonds. The first-order valence-corrected chi connectivity index (χ1v) is 9.89. The molecule has 3 aromatic rings. The van der Waals surface area contributed by atoms with E-state index in [2.05, 4.69) is 15.6 Å². The number of aromatic nitrogens is 1. The molecule has 0 saturated carbocycles. The topological polar surface area (TPSA) is 162 Å². The van der Waals surface area contributed by atoms with Crippen LogP contribution in [-0.4, -0.2) is 42.2 Å². The van der Waals surface area contributed by atoms with Gasteiger partial charge < -0.3 is 36.7 Å². The van der Waals surface area contributed by atoms with Crippen molar-refractivity contribution in [2.75, 3.05) is 36.7 Å². The molecular weight excluding hydrogens is 422 g/mol. The highest BCUT2D eigenvalue weighted by Crippen LogP contribution is 2.32. The minimum Gasteiger partial charge on any atom is -0.497 e. The van der Waals surface area contributed by atoms with Gasteiger partial charge in [-0.3, -0.25) is 9.59 Å².